The van der Waals surface area contributed by atoms with Crippen LogP contribution in [0.4, 0.5) is 0 Å². The molecule has 0 aliphatic carbocycles. The molecular formula is C11H17NO2S. The SMILES string of the molecule is CCN(CCO)C(=O)c1cc(C)sc1C. The van der Waals surface area contributed by atoms with Crippen molar-refractivity contribution >= 4 is 17.2 Å². The lowest BCUT2D eigenvalue weighted by atomic mass is 10.2. The van der Waals surface area contributed by atoms with Crippen molar-refractivity contribution in [1.82, 2.24) is 4.90 Å². The summed E-state index contributed by atoms with van der Waals surface area (Å²) in [6.45, 7) is 6.93. The zero-order valence-corrected chi connectivity index (χ0v) is 10.2. The molecule has 0 fully saturated rings. The molecule has 1 amide bonds. The van der Waals surface area contributed by atoms with Gasteiger partial charge in [-0.2, -0.15) is 0 Å². The molecule has 0 aliphatic rings. The number of amides is 1. The Morgan fingerprint density at radius 1 is 1.53 bits per heavy atom. The minimum Gasteiger partial charge on any atom is -0.395 e. The van der Waals surface area contributed by atoms with Crippen molar-refractivity contribution in [3.63, 3.8) is 0 Å². The average Bonchev–Trinajstić information content (AvgIpc) is 2.53. The van der Waals surface area contributed by atoms with E-state index >= 15 is 0 Å². The zero-order valence-electron chi connectivity index (χ0n) is 9.41. The molecule has 0 saturated carbocycles. The molecule has 0 saturated heterocycles. The van der Waals surface area contributed by atoms with Gasteiger partial charge in [-0.05, 0) is 26.8 Å². The predicted octanol–water partition coefficient (Wildman–Crippen LogP) is 1.82. The molecule has 84 valence electrons. The van der Waals surface area contributed by atoms with Crippen LogP contribution in [-0.4, -0.2) is 35.6 Å². The Hall–Kier alpha value is -0.870. The van der Waals surface area contributed by atoms with Crippen LogP contribution in [0.3, 0.4) is 0 Å². The minimum atomic E-state index is 0.0156. The van der Waals surface area contributed by atoms with Gasteiger partial charge in [-0.1, -0.05) is 0 Å². The van der Waals surface area contributed by atoms with Crippen LogP contribution in [0.1, 0.15) is 27.0 Å². The van der Waals surface area contributed by atoms with Gasteiger partial charge < -0.3 is 10.0 Å². The maximum Gasteiger partial charge on any atom is 0.255 e. The number of aliphatic hydroxyl groups excluding tert-OH is 1. The second-order valence-electron chi connectivity index (χ2n) is 3.44. The molecule has 0 aliphatic heterocycles. The second-order valence-corrected chi connectivity index (χ2v) is 4.90. The molecule has 0 aromatic carbocycles. The third-order valence-electron chi connectivity index (χ3n) is 2.31. The molecule has 1 heterocycles. The number of thiophene rings is 1. The number of carbonyl (C=O) groups is 1. The number of likely N-dealkylation sites (N-methyl/N-ethyl adjacent to an activating group) is 1. The van der Waals surface area contributed by atoms with Crippen LogP contribution in [0.25, 0.3) is 0 Å². The van der Waals surface area contributed by atoms with E-state index in [9.17, 15) is 4.79 Å². The van der Waals surface area contributed by atoms with Crippen molar-refractivity contribution in [2.24, 2.45) is 0 Å². The maximum atomic E-state index is 12.0. The van der Waals surface area contributed by atoms with E-state index in [1.165, 1.54) is 0 Å². The fourth-order valence-electron chi connectivity index (χ4n) is 1.54. The molecule has 1 aromatic heterocycles. The highest BCUT2D eigenvalue weighted by Gasteiger charge is 2.17. The van der Waals surface area contributed by atoms with Crippen LogP contribution >= 0.6 is 11.3 Å². The first-order chi connectivity index (χ1) is 7.10. The van der Waals surface area contributed by atoms with Crippen molar-refractivity contribution < 1.29 is 9.90 Å². The summed E-state index contributed by atoms with van der Waals surface area (Å²) in [4.78, 5) is 15.9. The fourth-order valence-corrected chi connectivity index (χ4v) is 2.45. The number of carbonyl (C=O) groups excluding carboxylic acids is 1. The van der Waals surface area contributed by atoms with Gasteiger partial charge in [0.2, 0.25) is 0 Å². The number of aryl methyl sites for hydroxylation is 2. The van der Waals surface area contributed by atoms with Crippen molar-refractivity contribution in [1.29, 1.82) is 0 Å². The van der Waals surface area contributed by atoms with Gasteiger partial charge >= 0.3 is 0 Å². The maximum absolute atomic E-state index is 12.0. The van der Waals surface area contributed by atoms with E-state index in [-0.39, 0.29) is 12.5 Å². The topological polar surface area (TPSA) is 40.5 Å². The fraction of sp³-hybridized carbons (Fsp3) is 0.545. The number of nitrogens with zero attached hydrogens (tertiary/aromatic N) is 1. The summed E-state index contributed by atoms with van der Waals surface area (Å²) in [6, 6.07) is 1.92. The van der Waals surface area contributed by atoms with E-state index in [4.69, 9.17) is 5.11 Å². The molecule has 15 heavy (non-hydrogen) atoms. The van der Waals surface area contributed by atoms with Crippen LogP contribution in [0.2, 0.25) is 0 Å². The van der Waals surface area contributed by atoms with Gasteiger partial charge in [-0.3, -0.25) is 4.79 Å². The molecule has 0 bridgehead atoms. The predicted molar refractivity (Wildman–Crippen MR) is 62.5 cm³/mol. The lowest BCUT2D eigenvalue weighted by Crippen LogP contribution is -2.33. The molecule has 0 unspecified atom stereocenters. The Morgan fingerprint density at radius 2 is 2.20 bits per heavy atom. The second kappa shape index (κ2) is 5.28. The summed E-state index contributed by atoms with van der Waals surface area (Å²) < 4.78 is 0. The van der Waals surface area contributed by atoms with Crippen molar-refractivity contribution in [2.75, 3.05) is 19.7 Å². The molecule has 0 atom stereocenters. The van der Waals surface area contributed by atoms with Crippen molar-refractivity contribution in [2.45, 2.75) is 20.8 Å². The van der Waals surface area contributed by atoms with Crippen LogP contribution in [-0.2, 0) is 0 Å². The van der Waals surface area contributed by atoms with Gasteiger partial charge in [0, 0.05) is 22.8 Å². The monoisotopic (exact) mass is 227 g/mol. The minimum absolute atomic E-state index is 0.0156. The van der Waals surface area contributed by atoms with Gasteiger partial charge in [0.1, 0.15) is 0 Å². The van der Waals surface area contributed by atoms with E-state index < -0.39 is 0 Å². The first kappa shape index (κ1) is 12.2. The van der Waals surface area contributed by atoms with Gasteiger partial charge in [-0.15, -0.1) is 11.3 Å². The number of aliphatic hydroxyl groups is 1. The third kappa shape index (κ3) is 2.79. The quantitative estimate of drug-likeness (QED) is 0.852. The lowest BCUT2D eigenvalue weighted by Gasteiger charge is -2.19. The molecule has 3 nitrogen and oxygen atoms in total. The summed E-state index contributed by atoms with van der Waals surface area (Å²) in [5, 5.41) is 8.85. The van der Waals surface area contributed by atoms with E-state index in [2.05, 4.69) is 0 Å². The van der Waals surface area contributed by atoms with Gasteiger partial charge in [0.25, 0.3) is 5.91 Å². The number of hydrogen-bond acceptors (Lipinski definition) is 3. The smallest absolute Gasteiger partial charge is 0.255 e. The van der Waals surface area contributed by atoms with Gasteiger partial charge in [-0.25, -0.2) is 0 Å². The first-order valence-electron chi connectivity index (χ1n) is 5.07. The van der Waals surface area contributed by atoms with Gasteiger partial charge in [0.15, 0.2) is 0 Å². The van der Waals surface area contributed by atoms with Crippen LogP contribution < -0.4 is 0 Å². The van der Waals surface area contributed by atoms with E-state index in [0.717, 1.165) is 15.3 Å². The summed E-state index contributed by atoms with van der Waals surface area (Å²) in [7, 11) is 0. The van der Waals surface area contributed by atoms with Crippen molar-refractivity contribution in [3.8, 4) is 0 Å². The van der Waals surface area contributed by atoms with Crippen LogP contribution in [0.15, 0.2) is 6.07 Å². The van der Waals surface area contributed by atoms with E-state index in [1.807, 2.05) is 26.8 Å². The Balaban J connectivity index is 2.87. The molecule has 1 rings (SSSR count). The van der Waals surface area contributed by atoms with Crippen LogP contribution in [0, 0.1) is 13.8 Å². The van der Waals surface area contributed by atoms with Gasteiger partial charge in [0.05, 0.1) is 12.2 Å². The molecular weight excluding hydrogens is 210 g/mol. The number of rotatable bonds is 4. The van der Waals surface area contributed by atoms with Crippen LogP contribution in [0.5, 0.6) is 0 Å². The highest BCUT2D eigenvalue weighted by molar-refractivity contribution is 7.12. The Kier molecular flexibility index (Phi) is 4.29. The average molecular weight is 227 g/mol. The Bertz CT molecular complexity index is 346. The highest BCUT2D eigenvalue weighted by Crippen LogP contribution is 2.21. The molecule has 4 heteroatoms. The van der Waals surface area contributed by atoms with E-state index in [1.54, 1.807) is 16.2 Å². The third-order valence-corrected chi connectivity index (χ3v) is 3.28. The summed E-state index contributed by atoms with van der Waals surface area (Å²) in [5.74, 6) is 0.0217. The van der Waals surface area contributed by atoms with E-state index in [0.29, 0.717) is 13.1 Å². The standard InChI is InChI=1S/C11H17NO2S/c1-4-12(5-6-13)11(14)10-7-8(2)15-9(10)3/h7,13H,4-6H2,1-3H3. The Morgan fingerprint density at radius 3 is 2.60 bits per heavy atom. The molecule has 1 N–H and O–H groups in total. The summed E-state index contributed by atoms with van der Waals surface area (Å²) in [5.41, 5.74) is 0.771. The summed E-state index contributed by atoms with van der Waals surface area (Å²) >= 11 is 1.63. The first-order valence-corrected chi connectivity index (χ1v) is 5.89. The summed E-state index contributed by atoms with van der Waals surface area (Å²) in [6.07, 6.45) is 0. The number of hydrogen-bond donors (Lipinski definition) is 1. The molecule has 0 spiro atoms. The highest BCUT2D eigenvalue weighted by atomic mass is 32.1. The molecule has 1 aromatic rings. The largest absolute Gasteiger partial charge is 0.395 e. The lowest BCUT2D eigenvalue weighted by molar-refractivity contribution is 0.0732. The normalized spacial score (nSPS) is 10.4. The zero-order chi connectivity index (χ0) is 11.4. The Labute approximate surface area is 94.3 Å². The molecule has 0 radical (unpaired) electrons. The van der Waals surface area contributed by atoms with Crippen molar-refractivity contribution in [3.05, 3.63) is 21.4 Å².